The summed E-state index contributed by atoms with van der Waals surface area (Å²) in [6, 6.07) is 7.20. The van der Waals surface area contributed by atoms with Gasteiger partial charge < -0.3 is 0 Å². The number of hydrogen-bond acceptors (Lipinski definition) is 2. The lowest BCUT2D eigenvalue weighted by molar-refractivity contribution is -0.144. The molecule has 1 heterocycles. The predicted molar refractivity (Wildman–Crippen MR) is 65.5 cm³/mol. The Morgan fingerprint density at radius 2 is 1.58 bits per heavy atom. The maximum atomic E-state index is 12.4. The maximum Gasteiger partial charge on any atom is 0.451 e. The van der Waals surface area contributed by atoms with Gasteiger partial charge in [-0.2, -0.15) is 18.3 Å². The number of hydrogen-bond donors (Lipinski definition) is 1. The molecule has 0 unspecified atom stereocenters. The lowest BCUT2D eigenvalue weighted by Crippen LogP contribution is -2.10. The van der Waals surface area contributed by atoms with Crippen LogP contribution in [0, 0.1) is 0 Å². The van der Waals surface area contributed by atoms with Gasteiger partial charge in [-0.25, -0.2) is 4.98 Å². The zero-order valence-electron chi connectivity index (χ0n) is 10.8. The van der Waals surface area contributed by atoms with Gasteiger partial charge in [-0.3, -0.25) is 5.10 Å². The van der Waals surface area contributed by atoms with Gasteiger partial charge in [0.1, 0.15) is 0 Å². The second-order valence-corrected chi connectivity index (χ2v) is 5.33. The zero-order valence-corrected chi connectivity index (χ0v) is 10.8. The van der Waals surface area contributed by atoms with Crippen molar-refractivity contribution in [1.82, 2.24) is 15.2 Å². The summed E-state index contributed by atoms with van der Waals surface area (Å²) in [5, 5.41) is 5.49. The minimum absolute atomic E-state index is 0.00529. The molecule has 0 atom stereocenters. The van der Waals surface area contributed by atoms with Gasteiger partial charge in [0, 0.05) is 5.56 Å². The van der Waals surface area contributed by atoms with Crippen molar-refractivity contribution >= 4 is 0 Å². The standard InChI is InChI=1S/C13H14F3N3/c1-12(2,3)9-6-4-8(5-7-9)10-17-11(19-18-10)13(14,15)16/h4-7H,1-3H3,(H,17,18,19). The number of halogens is 3. The van der Waals surface area contributed by atoms with Gasteiger partial charge in [0.15, 0.2) is 5.82 Å². The number of alkyl halides is 3. The molecule has 0 saturated carbocycles. The van der Waals surface area contributed by atoms with Crippen molar-refractivity contribution in [3.63, 3.8) is 0 Å². The summed E-state index contributed by atoms with van der Waals surface area (Å²) in [6.07, 6.45) is -4.50. The van der Waals surface area contributed by atoms with E-state index in [0.29, 0.717) is 5.56 Å². The van der Waals surface area contributed by atoms with Crippen LogP contribution in [-0.2, 0) is 11.6 Å². The third-order valence-electron chi connectivity index (χ3n) is 2.76. The number of nitrogens with one attached hydrogen (secondary N) is 1. The smallest absolute Gasteiger partial charge is 0.255 e. The molecule has 0 aliphatic rings. The Hall–Kier alpha value is -1.85. The molecule has 0 radical (unpaired) electrons. The van der Waals surface area contributed by atoms with Gasteiger partial charge in [-0.1, -0.05) is 45.0 Å². The summed E-state index contributed by atoms with van der Waals surface area (Å²) in [6.45, 7) is 6.20. The first kappa shape index (κ1) is 13.6. The highest BCUT2D eigenvalue weighted by atomic mass is 19.4. The van der Waals surface area contributed by atoms with Crippen LogP contribution < -0.4 is 0 Å². The van der Waals surface area contributed by atoms with Crippen molar-refractivity contribution in [2.24, 2.45) is 0 Å². The predicted octanol–water partition coefficient (Wildman–Crippen LogP) is 3.79. The molecular formula is C13H14F3N3. The van der Waals surface area contributed by atoms with Crippen molar-refractivity contribution in [1.29, 1.82) is 0 Å². The van der Waals surface area contributed by atoms with Crippen LogP contribution in [0.2, 0.25) is 0 Å². The molecule has 0 aliphatic heterocycles. The summed E-state index contributed by atoms with van der Waals surface area (Å²) in [4.78, 5) is 3.45. The highest BCUT2D eigenvalue weighted by Gasteiger charge is 2.35. The Balaban J connectivity index is 2.31. The Labute approximate surface area is 108 Å². The summed E-state index contributed by atoms with van der Waals surface area (Å²) in [5.41, 5.74) is 1.65. The van der Waals surface area contributed by atoms with E-state index < -0.39 is 12.0 Å². The zero-order chi connectivity index (χ0) is 14.3. The van der Waals surface area contributed by atoms with Crippen molar-refractivity contribution in [3.05, 3.63) is 35.7 Å². The van der Waals surface area contributed by atoms with Gasteiger partial charge in [0.05, 0.1) is 0 Å². The summed E-state index contributed by atoms with van der Waals surface area (Å²) in [5.74, 6) is -1.03. The summed E-state index contributed by atoms with van der Waals surface area (Å²) < 4.78 is 37.2. The van der Waals surface area contributed by atoms with Gasteiger partial charge >= 0.3 is 6.18 Å². The molecular weight excluding hydrogens is 255 g/mol. The molecule has 1 N–H and O–H groups in total. The molecule has 19 heavy (non-hydrogen) atoms. The van der Waals surface area contributed by atoms with E-state index in [0.717, 1.165) is 5.56 Å². The van der Waals surface area contributed by atoms with Crippen LogP contribution in [0.15, 0.2) is 24.3 Å². The third-order valence-corrected chi connectivity index (χ3v) is 2.76. The fraction of sp³-hybridized carbons (Fsp3) is 0.385. The SMILES string of the molecule is CC(C)(C)c1ccc(-c2n[nH]c(C(F)(F)F)n2)cc1. The van der Waals surface area contributed by atoms with Crippen LogP contribution in [0.25, 0.3) is 11.4 Å². The van der Waals surface area contributed by atoms with E-state index >= 15 is 0 Å². The lowest BCUT2D eigenvalue weighted by atomic mass is 9.87. The lowest BCUT2D eigenvalue weighted by Gasteiger charge is -2.18. The highest BCUT2D eigenvalue weighted by Crippen LogP contribution is 2.28. The molecule has 6 heteroatoms. The van der Waals surface area contributed by atoms with E-state index in [9.17, 15) is 13.2 Å². The van der Waals surface area contributed by atoms with Gasteiger partial charge in [-0.05, 0) is 11.0 Å². The normalized spacial score (nSPS) is 12.7. The molecule has 1 aromatic heterocycles. The number of rotatable bonds is 1. The molecule has 0 amide bonds. The monoisotopic (exact) mass is 269 g/mol. The van der Waals surface area contributed by atoms with E-state index in [-0.39, 0.29) is 11.2 Å². The molecule has 2 rings (SSSR count). The molecule has 2 aromatic rings. The fourth-order valence-corrected chi connectivity index (χ4v) is 1.64. The van der Waals surface area contributed by atoms with Gasteiger partial charge in [0.2, 0.25) is 5.82 Å². The van der Waals surface area contributed by atoms with E-state index in [1.165, 1.54) is 0 Å². The van der Waals surface area contributed by atoms with Crippen LogP contribution in [0.5, 0.6) is 0 Å². The molecule has 0 saturated heterocycles. The van der Waals surface area contributed by atoms with E-state index in [1.54, 1.807) is 12.1 Å². The number of aromatic nitrogens is 3. The Kier molecular flexibility index (Phi) is 3.12. The minimum atomic E-state index is -4.50. The average Bonchev–Trinajstić information content (AvgIpc) is 2.77. The number of aromatic amines is 1. The van der Waals surface area contributed by atoms with Gasteiger partial charge in [0.25, 0.3) is 0 Å². The van der Waals surface area contributed by atoms with Crippen molar-refractivity contribution in [2.45, 2.75) is 32.4 Å². The molecule has 102 valence electrons. The van der Waals surface area contributed by atoms with Crippen LogP contribution in [0.4, 0.5) is 13.2 Å². The second kappa shape index (κ2) is 4.36. The highest BCUT2D eigenvalue weighted by molar-refractivity contribution is 5.55. The van der Waals surface area contributed by atoms with E-state index in [4.69, 9.17) is 0 Å². The largest absolute Gasteiger partial charge is 0.451 e. The van der Waals surface area contributed by atoms with Crippen LogP contribution in [0.3, 0.4) is 0 Å². The molecule has 3 nitrogen and oxygen atoms in total. The number of H-pyrrole nitrogens is 1. The molecule has 0 spiro atoms. The molecule has 1 aromatic carbocycles. The van der Waals surface area contributed by atoms with Crippen molar-refractivity contribution < 1.29 is 13.2 Å². The van der Waals surface area contributed by atoms with Crippen LogP contribution in [-0.4, -0.2) is 15.2 Å². The Morgan fingerprint density at radius 1 is 1.00 bits per heavy atom. The maximum absolute atomic E-state index is 12.4. The minimum Gasteiger partial charge on any atom is -0.255 e. The second-order valence-electron chi connectivity index (χ2n) is 5.33. The summed E-state index contributed by atoms with van der Waals surface area (Å²) >= 11 is 0. The van der Waals surface area contributed by atoms with Crippen LogP contribution >= 0.6 is 0 Å². The van der Waals surface area contributed by atoms with E-state index in [2.05, 4.69) is 30.9 Å². The van der Waals surface area contributed by atoms with Crippen LogP contribution in [0.1, 0.15) is 32.2 Å². The quantitative estimate of drug-likeness (QED) is 0.855. The fourth-order valence-electron chi connectivity index (χ4n) is 1.64. The first-order valence-corrected chi connectivity index (χ1v) is 5.78. The number of benzene rings is 1. The van der Waals surface area contributed by atoms with Gasteiger partial charge in [-0.15, -0.1) is 0 Å². The average molecular weight is 269 g/mol. The summed E-state index contributed by atoms with van der Waals surface area (Å²) in [7, 11) is 0. The topological polar surface area (TPSA) is 41.6 Å². The molecule has 0 aliphatic carbocycles. The van der Waals surface area contributed by atoms with Crippen molar-refractivity contribution in [3.8, 4) is 11.4 Å². The van der Waals surface area contributed by atoms with Crippen molar-refractivity contribution in [2.75, 3.05) is 0 Å². The first-order valence-electron chi connectivity index (χ1n) is 5.78. The third kappa shape index (κ3) is 2.94. The molecule has 0 fully saturated rings. The first-order chi connectivity index (χ1) is 8.68. The Bertz CT molecular complexity index is 562. The molecule has 0 bridgehead atoms. The Morgan fingerprint density at radius 3 is 2.00 bits per heavy atom. The number of nitrogens with zero attached hydrogens (tertiary/aromatic N) is 2. The van der Waals surface area contributed by atoms with E-state index in [1.807, 2.05) is 17.2 Å².